The molecule has 3 aromatic carbocycles. The lowest BCUT2D eigenvalue weighted by molar-refractivity contribution is 0.102. The van der Waals surface area contributed by atoms with Gasteiger partial charge in [0, 0.05) is 17.3 Å². The molecule has 5 nitrogen and oxygen atoms in total. The first-order valence-electron chi connectivity index (χ1n) is 11.1. The number of nitrogens with zero attached hydrogens (tertiary/aromatic N) is 1. The Morgan fingerprint density at radius 3 is 2.34 bits per heavy atom. The Hall–Kier alpha value is -2.09. The molecule has 0 spiro atoms. The summed E-state index contributed by atoms with van der Waals surface area (Å²) in [6, 6.07) is 16.6. The number of halogens is 3. The first-order chi connectivity index (χ1) is 16.6. The van der Waals surface area contributed by atoms with Gasteiger partial charge in [0.2, 0.25) is 0 Å². The summed E-state index contributed by atoms with van der Waals surface area (Å²) >= 11 is 18.5. The molecule has 0 aromatic heterocycles. The fourth-order valence-electron chi connectivity index (χ4n) is 4.65. The standard InChI is InChI=1S/C26H25Cl3N2O3S/c1-31(2)15-16-11-17-9-10-19(30-26(32)25-22(28)7-4-8-23(25)29)14-21(17)24(12-16)35(33,34)20-6-3-5-18(27)13-20/h3-10,13-14,16,24H,11-12,15H2,1-2H3,(H,30,32)/t16-,24?/m1/s1. The first-order valence-corrected chi connectivity index (χ1v) is 13.8. The molecule has 2 atom stereocenters. The summed E-state index contributed by atoms with van der Waals surface area (Å²) in [6.07, 6.45) is 1.22. The summed E-state index contributed by atoms with van der Waals surface area (Å²) in [4.78, 5) is 15.2. The molecule has 0 radical (unpaired) electrons. The SMILES string of the molecule is CN(C)C[C@@H]1Cc2ccc(NC(=O)c3c(Cl)cccc3Cl)cc2C(S(=O)(=O)c2cccc(Cl)c2)C1. The molecule has 4 rings (SSSR count). The van der Waals surface area contributed by atoms with E-state index in [4.69, 9.17) is 34.8 Å². The first kappa shape index (κ1) is 26.0. The number of carbonyl (C=O) groups is 1. The molecule has 0 fully saturated rings. The van der Waals surface area contributed by atoms with Crippen molar-refractivity contribution in [1.29, 1.82) is 0 Å². The molecule has 0 bridgehead atoms. The van der Waals surface area contributed by atoms with Crippen LogP contribution >= 0.6 is 34.8 Å². The molecule has 184 valence electrons. The molecule has 9 heteroatoms. The number of carbonyl (C=O) groups excluding carboxylic acids is 1. The highest BCUT2D eigenvalue weighted by Gasteiger charge is 2.37. The molecular formula is C26H25Cl3N2O3S. The highest BCUT2D eigenvalue weighted by Crippen LogP contribution is 2.43. The third-order valence-corrected chi connectivity index (χ3v) is 9.09. The van der Waals surface area contributed by atoms with Crippen LogP contribution in [0.3, 0.4) is 0 Å². The average molecular weight is 552 g/mol. The van der Waals surface area contributed by atoms with Crippen molar-refractivity contribution < 1.29 is 13.2 Å². The van der Waals surface area contributed by atoms with Crippen LogP contribution in [0.5, 0.6) is 0 Å². The molecule has 0 aliphatic heterocycles. The second-order valence-corrected chi connectivity index (χ2v) is 12.4. The van der Waals surface area contributed by atoms with Crippen LogP contribution in [0.1, 0.15) is 33.2 Å². The molecule has 35 heavy (non-hydrogen) atoms. The van der Waals surface area contributed by atoms with E-state index < -0.39 is 21.0 Å². The Labute approximate surface area is 220 Å². The fourth-order valence-corrected chi connectivity index (χ4v) is 7.44. The lowest BCUT2D eigenvalue weighted by Gasteiger charge is -2.33. The van der Waals surface area contributed by atoms with Crippen LogP contribution in [0.2, 0.25) is 15.1 Å². The number of rotatable bonds is 6. The summed E-state index contributed by atoms with van der Waals surface area (Å²) in [7, 11) is 0.226. The van der Waals surface area contributed by atoms with Gasteiger partial charge in [-0.25, -0.2) is 8.42 Å². The third-order valence-electron chi connectivity index (χ3n) is 6.12. The molecule has 0 saturated heterocycles. The molecular weight excluding hydrogens is 527 g/mol. The number of benzene rings is 3. The second kappa shape index (κ2) is 10.5. The Morgan fingerprint density at radius 1 is 1.00 bits per heavy atom. The maximum Gasteiger partial charge on any atom is 0.258 e. The van der Waals surface area contributed by atoms with E-state index in [9.17, 15) is 13.2 Å². The topological polar surface area (TPSA) is 66.5 Å². The van der Waals surface area contributed by atoms with Crippen LogP contribution in [0.4, 0.5) is 5.69 Å². The van der Waals surface area contributed by atoms with Gasteiger partial charge in [0.25, 0.3) is 5.91 Å². The van der Waals surface area contributed by atoms with Gasteiger partial charge in [-0.2, -0.15) is 0 Å². The normalized spacial score (nSPS) is 17.8. The smallest absolute Gasteiger partial charge is 0.258 e. The Kier molecular flexibility index (Phi) is 7.79. The predicted octanol–water partition coefficient (Wildman–Crippen LogP) is 6.54. The van der Waals surface area contributed by atoms with E-state index in [0.29, 0.717) is 22.7 Å². The third kappa shape index (κ3) is 5.68. The maximum atomic E-state index is 13.8. The molecule has 0 heterocycles. The number of nitrogens with one attached hydrogen (secondary N) is 1. The Morgan fingerprint density at radius 2 is 1.69 bits per heavy atom. The van der Waals surface area contributed by atoms with E-state index in [1.807, 2.05) is 20.2 Å². The Bertz CT molecular complexity index is 1360. The quantitative estimate of drug-likeness (QED) is 0.378. The number of hydrogen-bond acceptors (Lipinski definition) is 4. The van der Waals surface area contributed by atoms with Crippen molar-refractivity contribution in [3.63, 3.8) is 0 Å². The van der Waals surface area contributed by atoms with Crippen LogP contribution in [0.15, 0.2) is 65.6 Å². The number of anilines is 1. The zero-order valence-electron chi connectivity index (χ0n) is 19.3. The van der Waals surface area contributed by atoms with E-state index in [2.05, 4.69) is 10.2 Å². The number of fused-ring (bicyclic) bond motifs is 1. The fraction of sp³-hybridized carbons (Fsp3) is 0.269. The molecule has 1 N–H and O–H groups in total. The van der Waals surface area contributed by atoms with Gasteiger partial charge in [0.05, 0.1) is 25.8 Å². The minimum atomic E-state index is -3.74. The van der Waals surface area contributed by atoms with Crippen molar-refractivity contribution in [3.05, 3.63) is 92.4 Å². The van der Waals surface area contributed by atoms with Crippen LogP contribution in [-0.2, 0) is 16.3 Å². The zero-order valence-corrected chi connectivity index (χ0v) is 22.3. The minimum absolute atomic E-state index is 0.166. The van der Waals surface area contributed by atoms with Crippen LogP contribution in [0, 0.1) is 5.92 Å². The molecule has 0 saturated carbocycles. The highest BCUT2D eigenvalue weighted by atomic mass is 35.5. The van der Waals surface area contributed by atoms with Crippen molar-refractivity contribution in [3.8, 4) is 0 Å². The molecule has 1 aliphatic carbocycles. The summed E-state index contributed by atoms with van der Waals surface area (Å²) in [5.74, 6) is -0.296. The summed E-state index contributed by atoms with van der Waals surface area (Å²) < 4.78 is 27.6. The van der Waals surface area contributed by atoms with Crippen molar-refractivity contribution in [1.82, 2.24) is 4.90 Å². The van der Waals surface area contributed by atoms with Crippen LogP contribution < -0.4 is 5.32 Å². The second-order valence-electron chi connectivity index (χ2n) is 9.02. The van der Waals surface area contributed by atoms with E-state index in [1.165, 1.54) is 6.07 Å². The Balaban J connectivity index is 1.73. The van der Waals surface area contributed by atoms with Crippen LogP contribution in [0.25, 0.3) is 0 Å². The highest BCUT2D eigenvalue weighted by molar-refractivity contribution is 7.91. The molecule has 1 unspecified atom stereocenters. The molecule has 1 aliphatic rings. The number of sulfone groups is 1. The lowest BCUT2D eigenvalue weighted by atomic mass is 9.83. The molecule has 3 aromatic rings. The van der Waals surface area contributed by atoms with Gasteiger partial charge in [0.15, 0.2) is 9.84 Å². The largest absolute Gasteiger partial charge is 0.322 e. The van der Waals surface area contributed by atoms with Gasteiger partial charge < -0.3 is 10.2 Å². The minimum Gasteiger partial charge on any atom is -0.322 e. The van der Waals surface area contributed by atoms with E-state index in [1.54, 1.807) is 48.5 Å². The zero-order chi connectivity index (χ0) is 25.3. The molecule has 1 amide bonds. The van der Waals surface area contributed by atoms with E-state index in [0.717, 1.165) is 18.5 Å². The predicted molar refractivity (Wildman–Crippen MR) is 143 cm³/mol. The van der Waals surface area contributed by atoms with E-state index >= 15 is 0 Å². The lowest BCUT2D eigenvalue weighted by Crippen LogP contribution is -2.31. The number of hydrogen-bond donors (Lipinski definition) is 1. The van der Waals surface area contributed by atoms with Crippen molar-refractivity contribution in [2.75, 3.05) is 26.0 Å². The van der Waals surface area contributed by atoms with Crippen molar-refractivity contribution in [2.24, 2.45) is 5.92 Å². The summed E-state index contributed by atoms with van der Waals surface area (Å²) in [6.45, 7) is 0.768. The van der Waals surface area contributed by atoms with Crippen LogP contribution in [-0.4, -0.2) is 39.9 Å². The van der Waals surface area contributed by atoms with E-state index in [-0.39, 0.29) is 26.4 Å². The van der Waals surface area contributed by atoms with Crippen molar-refractivity contribution in [2.45, 2.75) is 23.0 Å². The van der Waals surface area contributed by atoms with Gasteiger partial charge in [0.1, 0.15) is 0 Å². The van der Waals surface area contributed by atoms with Gasteiger partial charge in [-0.3, -0.25) is 4.79 Å². The average Bonchev–Trinajstić information content (AvgIpc) is 2.78. The van der Waals surface area contributed by atoms with Gasteiger partial charge in [-0.1, -0.05) is 53.0 Å². The number of amides is 1. The van der Waals surface area contributed by atoms with Gasteiger partial charge >= 0.3 is 0 Å². The summed E-state index contributed by atoms with van der Waals surface area (Å²) in [5.41, 5.74) is 2.28. The monoisotopic (exact) mass is 550 g/mol. The van der Waals surface area contributed by atoms with Gasteiger partial charge in [-0.05, 0) is 86.4 Å². The maximum absolute atomic E-state index is 13.8. The summed E-state index contributed by atoms with van der Waals surface area (Å²) in [5, 5.41) is 2.89. The van der Waals surface area contributed by atoms with Crippen molar-refractivity contribution >= 4 is 56.2 Å². The van der Waals surface area contributed by atoms with Gasteiger partial charge in [-0.15, -0.1) is 0 Å².